The SMILES string of the molecule is CC(=O)N(C)c1nc(Cc2ccc(NC(=O)c3ccc(C(F)(F)F)cc3)cc2)nc(N(C)C)c1CC(=O)O. The molecule has 1 heterocycles. The Kier molecular flexibility index (Phi) is 8.34. The van der Waals surface area contributed by atoms with E-state index >= 15 is 0 Å². The number of halogens is 3. The molecule has 0 aliphatic rings. The molecule has 0 atom stereocenters. The van der Waals surface area contributed by atoms with Gasteiger partial charge in [0, 0.05) is 51.3 Å². The summed E-state index contributed by atoms with van der Waals surface area (Å²) in [5.41, 5.74) is 0.749. The summed E-state index contributed by atoms with van der Waals surface area (Å²) in [5.74, 6) is -1.03. The second-order valence-corrected chi connectivity index (χ2v) is 8.71. The summed E-state index contributed by atoms with van der Waals surface area (Å²) in [6.07, 6.45) is -4.60. The number of alkyl halides is 3. The predicted molar refractivity (Wildman–Crippen MR) is 135 cm³/mol. The molecule has 0 saturated heterocycles. The molecular weight excluding hydrogens is 503 g/mol. The summed E-state index contributed by atoms with van der Waals surface area (Å²) >= 11 is 0. The van der Waals surface area contributed by atoms with Gasteiger partial charge in [-0.3, -0.25) is 19.3 Å². The molecule has 3 rings (SSSR count). The molecule has 0 aliphatic heterocycles. The molecule has 2 aromatic carbocycles. The minimum atomic E-state index is -4.49. The minimum absolute atomic E-state index is 0.0789. The van der Waals surface area contributed by atoms with Gasteiger partial charge >= 0.3 is 12.1 Å². The van der Waals surface area contributed by atoms with Crippen LogP contribution in [0.2, 0.25) is 0 Å². The second kappa shape index (κ2) is 11.3. The van der Waals surface area contributed by atoms with Crippen LogP contribution in [0.4, 0.5) is 30.5 Å². The van der Waals surface area contributed by atoms with Crippen molar-refractivity contribution in [2.75, 3.05) is 36.3 Å². The molecule has 1 aromatic heterocycles. The van der Waals surface area contributed by atoms with E-state index in [1.165, 1.54) is 18.9 Å². The fourth-order valence-electron chi connectivity index (χ4n) is 3.59. The molecule has 0 spiro atoms. The Morgan fingerprint density at radius 3 is 2.00 bits per heavy atom. The van der Waals surface area contributed by atoms with Crippen LogP contribution in [-0.4, -0.2) is 54.0 Å². The lowest BCUT2D eigenvalue weighted by Gasteiger charge is -2.23. The van der Waals surface area contributed by atoms with Gasteiger partial charge in [-0.2, -0.15) is 13.2 Å². The van der Waals surface area contributed by atoms with E-state index in [2.05, 4.69) is 15.3 Å². The number of hydrogen-bond donors (Lipinski definition) is 2. The van der Waals surface area contributed by atoms with E-state index in [1.54, 1.807) is 43.3 Å². The van der Waals surface area contributed by atoms with E-state index in [-0.39, 0.29) is 30.1 Å². The Bertz CT molecular complexity index is 1340. The summed E-state index contributed by atoms with van der Waals surface area (Å²) in [5, 5.41) is 12.0. The van der Waals surface area contributed by atoms with Crippen LogP contribution in [0, 0.1) is 0 Å². The van der Waals surface area contributed by atoms with E-state index in [9.17, 15) is 32.7 Å². The topological polar surface area (TPSA) is 116 Å². The molecule has 38 heavy (non-hydrogen) atoms. The van der Waals surface area contributed by atoms with E-state index in [4.69, 9.17) is 0 Å². The summed E-state index contributed by atoms with van der Waals surface area (Å²) < 4.78 is 38.2. The molecule has 0 aliphatic carbocycles. The van der Waals surface area contributed by atoms with E-state index < -0.39 is 23.6 Å². The molecule has 2 amide bonds. The van der Waals surface area contributed by atoms with E-state index in [1.807, 2.05) is 0 Å². The Morgan fingerprint density at radius 2 is 1.50 bits per heavy atom. The first-order chi connectivity index (χ1) is 17.8. The maximum Gasteiger partial charge on any atom is 0.416 e. The van der Waals surface area contributed by atoms with Crippen molar-refractivity contribution in [3.8, 4) is 0 Å². The van der Waals surface area contributed by atoms with Gasteiger partial charge in [-0.25, -0.2) is 9.97 Å². The number of benzene rings is 2. The number of carbonyl (C=O) groups is 3. The first-order valence-electron chi connectivity index (χ1n) is 11.4. The van der Waals surface area contributed by atoms with Gasteiger partial charge in [-0.05, 0) is 42.0 Å². The molecule has 0 unspecified atom stereocenters. The Morgan fingerprint density at radius 1 is 0.921 bits per heavy atom. The average Bonchev–Trinajstić information content (AvgIpc) is 2.84. The summed E-state index contributed by atoms with van der Waals surface area (Å²) in [7, 11) is 4.93. The maximum atomic E-state index is 12.7. The van der Waals surface area contributed by atoms with Crippen molar-refractivity contribution in [2.24, 2.45) is 0 Å². The first-order valence-corrected chi connectivity index (χ1v) is 11.4. The van der Waals surface area contributed by atoms with Gasteiger partial charge in [0.25, 0.3) is 5.91 Å². The van der Waals surface area contributed by atoms with Crippen LogP contribution >= 0.6 is 0 Å². The molecule has 2 N–H and O–H groups in total. The van der Waals surface area contributed by atoms with Gasteiger partial charge in [0.1, 0.15) is 17.5 Å². The van der Waals surface area contributed by atoms with Gasteiger partial charge in [-0.15, -0.1) is 0 Å². The Hall–Kier alpha value is -4.48. The highest BCUT2D eigenvalue weighted by Gasteiger charge is 2.30. The highest BCUT2D eigenvalue weighted by Crippen LogP contribution is 2.30. The minimum Gasteiger partial charge on any atom is -0.481 e. The number of anilines is 3. The number of nitrogens with one attached hydrogen (secondary N) is 1. The highest BCUT2D eigenvalue weighted by atomic mass is 19.4. The number of carbonyl (C=O) groups excluding carboxylic acids is 2. The van der Waals surface area contributed by atoms with Crippen molar-refractivity contribution in [2.45, 2.75) is 25.9 Å². The van der Waals surface area contributed by atoms with E-state index in [0.29, 0.717) is 22.9 Å². The van der Waals surface area contributed by atoms with Gasteiger partial charge in [-0.1, -0.05) is 12.1 Å². The zero-order valence-corrected chi connectivity index (χ0v) is 21.1. The number of aliphatic carboxylic acids is 1. The zero-order chi connectivity index (χ0) is 28.2. The fourth-order valence-corrected chi connectivity index (χ4v) is 3.59. The van der Waals surface area contributed by atoms with Crippen LogP contribution in [0.3, 0.4) is 0 Å². The number of aromatic nitrogens is 2. The van der Waals surface area contributed by atoms with Crippen molar-refractivity contribution < 1.29 is 32.7 Å². The maximum absolute atomic E-state index is 12.7. The predicted octanol–water partition coefficient (Wildman–Crippen LogP) is 4.01. The molecule has 3 aromatic rings. The summed E-state index contributed by atoms with van der Waals surface area (Å²) in [6, 6.07) is 10.6. The molecular formula is C26H26F3N5O4. The molecule has 0 bridgehead atoms. The van der Waals surface area contributed by atoms with E-state index in [0.717, 1.165) is 29.8 Å². The Balaban J connectivity index is 1.82. The van der Waals surface area contributed by atoms with Crippen LogP contribution in [0.15, 0.2) is 48.5 Å². The lowest BCUT2D eigenvalue weighted by atomic mass is 10.1. The number of amides is 2. The van der Waals surface area contributed by atoms with Gasteiger partial charge in [0.2, 0.25) is 5.91 Å². The van der Waals surface area contributed by atoms with Gasteiger partial charge in [0.05, 0.1) is 12.0 Å². The van der Waals surface area contributed by atoms with Crippen LogP contribution < -0.4 is 15.1 Å². The molecule has 9 nitrogen and oxygen atoms in total. The molecule has 0 radical (unpaired) electrons. The van der Waals surface area contributed by atoms with Crippen molar-refractivity contribution >= 4 is 35.1 Å². The third kappa shape index (κ3) is 6.84. The number of carboxylic acids is 1. The third-order valence-corrected chi connectivity index (χ3v) is 5.60. The summed E-state index contributed by atoms with van der Waals surface area (Å²) in [6.45, 7) is 1.35. The molecule has 12 heteroatoms. The number of nitrogens with zero attached hydrogens (tertiary/aromatic N) is 4. The zero-order valence-electron chi connectivity index (χ0n) is 21.1. The Labute approximate surface area is 216 Å². The lowest BCUT2D eigenvalue weighted by Crippen LogP contribution is -2.28. The second-order valence-electron chi connectivity index (χ2n) is 8.71. The van der Waals surface area contributed by atoms with Gasteiger partial charge in [0.15, 0.2) is 0 Å². The van der Waals surface area contributed by atoms with Crippen molar-refractivity contribution in [1.82, 2.24) is 9.97 Å². The molecule has 200 valence electrons. The number of rotatable bonds is 8. The quantitative estimate of drug-likeness (QED) is 0.453. The standard InChI is InChI=1S/C26H26F3N5O4/c1-15(35)34(4)24-20(14-22(36)37)23(33(2)3)31-21(32-24)13-16-5-11-19(12-6-16)30-25(38)17-7-9-18(10-8-17)26(27,28)29/h5-12H,13-14H2,1-4H3,(H,30,38)(H,36,37). The fraction of sp³-hybridized carbons (Fsp3) is 0.269. The molecule has 0 fully saturated rings. The first kappa shape index (κ1) is 28.1. The van der Waals surface area contributed by atoms with Crippen LogP contribution in [0.5, 0.6) is 0 Å². The van der Waals surface area contributed by atoms with Crippen LogP contribution in [0.25, 0.3) is 0 Å². The normalized spacial score (nSPS) is 11.1. The average molecular weight is 530 g/mol. The summed E-state index contributed by atoms with van der Waals surface area (Å²) in [4.78, 5) is 47.9. The largest absolute Gasteiger partial charge is 0.481 e. The number of hydrogen-bond acceptors (Lipinski definition) is 6. The third-order valence-electron chi connectivity index (χ3n) is 5.60. The highest BCUT2D eigenvalue weighted by molar-refractivity contribution is 6.04. The smallest absolute Gasteiger partial charge is 0.416 e. The van der Waals surface area contributed by atoms with Crippen molar-refractivity contribution in [1.29, 1.82) is 0 Å². The van der Waals surface area contributed by atoms with Gasteiger partial charge < -0.3 is 15.3 Å². The lowest BCUT2D eigenvalue weighted by molar-refractivity contribution is -0.138. The number of carboxylic acid groups (broad SMARTS) is 1. The van der Waals surface area contributed by atoms with Crippen LogP contribution in [0.1, 0.15) is 39.8 Å². The van der Waals surface area contributed by atoms with Crippen molar-refractivity contribution in [3.05, 3.63) is 76.6 Å². The monoisotopic (exact) mass is 529 g/mol. The van der Waals surface area contributed by atoms with Crippen molar-refractivity contribution in [3.63, 3.8) is 0 Å². The van der Waals surface area contributed by atoms with Crippen LogP contribution in [-0.2, 0) is 28.6 Å². The molecule has 0 saturated carbocycles.